The zero-order chi connectivity index (χ0) is 22.3. The average molecular weight is 567 g/mol. The number of hydrogen-bond donors (Lipinski definition) is 1. The molecule has 0 saturated carbocycles. The van der Waals surface area contributed by atoms with Gasteiger partial charge in [-0.1, -0.05) is 12.7 Å². The summed E-state index contributed by atoms with van der Waals surface area (Å²) in [5.74, 6) is 2.48. The third kappa shape index (κ3) is 5.76. The van der Waals surface area contributed by atoms with Crippen LogP contribution in [0.25, 0.3) is 0 Å². The summed E-state index contributed by atoms with van der Waals surface area (Å²) in [5, 5.41) is 4.35. The molecular formula is C21H25Br2N7O2. The molecule has 0 spiro atoms. The summed E-state index contributed by atoms with van der Waals surface area (Å²) in [5.41, 5.74) is 3.85. The Bertz CT molecular complexity index is 954. The Morgan fingerprint density at radius 3 is 2.28 bits per heavy atom. The molecule has 2 aliphatic heterocycles. The van der Waals surface area contributed by atoms with Crippen molar-refractivity contribution in [1.29, 1.82) is 0 Å². The molecule has 4 rings (SSSR count). The number of anilines is 3. The van der Waals surface area contributed by atoms with Crippen LogP contribution in [-0.4, -0.2) is 67.2 Å². The Morgan fingerprint density at radius 1 is 1.03 bits per heavy atom. The van der Waals surface area contributed by atoms with E-state index in [0.717, 1.165) is 59.3 Å². The van der Waals surface area contributed by atoms with Gasteiger partial charge in [-0.3, -0.25) is 0 Å². The molecule has 2 fully saturated rings. The molecule has 2 aliphatic rings. The molecule has 11 heteroatoms. The van der Waals surface area contributed by atoms with Gasteiger partial charge in [-0.25, -0.2) is 5.43 Å². The first-order valence-electron chi connectivity index (χ1n) is 10.5. The molecular weight excluding hydrogens is 542 g/mol. The number of aromatic nitrogens is 3. The van der Waals surface area contributed by atoms with E-state index in [1.165, 1.54) is 0 Å². The Balaban J connectivity index is 1.52. The summed E-state index contributed by atoms with van der Waals surface area (Å²) in [6.45, 7) is 8.87. The lowest BCUT2D eigenvalue weighted by Gasteiger charge is -2.27. The van der Waals surface area contributed by atoms with E-state index >= 15 is 0 Å². The van der Waals surface area contributed by atoms with E-state index in [4.69, 9.17) is 14.5 Å². The van der Waals surface area contributed by atoms with E-state index in [-0.39, 0.29) is 0 Å². The number of benzene rings is 1. The van der Waals surface area contributed by atoms with E-state index in [2.05, 4.69) is 68.7 Å². The first-order valence-corrected chi connectivity index (χ1v) is 12.1. The molecule has 3 heterocycles. The average Bonchev–Trinajstić information content (AvgIpc) is 3.34. The van der Waals surface area contributed by atoms with E-state index in [1.807, 2.05) is 12.1 Å². The molecule has 1 aromatic heterocycles. The highest BCUT2D eigenvalue weighted by molar-refractivity contribution is 9.11. The van der Waals surface area contributed by atoms with Gasteiger partial charge >= 0.3 is 0 Å². The second-order valence-electron chi connectivity index (χ2n) is 7.34. The summed E-state index contributed by atoms with van der Waals surface area (Å²) < 4.78 is 12.8. The molecule has 170 valence electrons. The van der Waals surface area contributed by atoms with Gasteiger partial charge in [0.1, 0.15) is 12.4 Å². The van der Waals surface area contributed by atoms with Crippen LogP contribution in [-0.2, 0) is 4.74 Å². The first kappa shape index (κ1) is 22.9. The van der Waals surface area contributed by atoms with Gasteiger partial charge in [-0.2, -0.15) is 20.1 Å². The van der Waals surface area contributed by atoms with Gasteiger partial charge in [-0.15, -0.1) is 0 Å². The van der Waals surface area contributed by atoms with Crippen LogP contribution < -0.4 is 20.0 Å². The maximum absolute atomic E-state index is 5.66. The van der Waals surface area contributed by atoms with Crippen molar-refractivity contribution >= 4 is 55.9 Å². The van der Waals surface area contributed by atoms with Crippen LogP contribution in [0, 0.1) is 0 Å². The van der Waals surface area contributed by atoms with Gasteiger partial charge in [0.15, 0.2) is 0 Å². The number of nitrogens with zero attached hydrogens (tertiary/aromatic N) is 6. The molecule has 0 radical (unpaired) electrons. The molecule has 1 N–H and O–H groups in total. The largest absolute Gasteiger partial charge is 0.487 e. The standard InChI is InChI=1S/C21H25Br2N7O2/c1-2-9-32-18-16(22)12-15(13-17(18)23)14-24-28-19-25-20(29-5-3-4-6-29)27-21(26-19)30-7-10-31-11-8-30/h2,12-14H,1,3-11H2,(H,25,26,27,28). The molecule has 1 aromatic carbocycles. The van der Waals surface area contributed by atoms with Gasteiger partial charge in [0.05, 0.1) is 28.4 Å². The lowest BCUT2D eigenvalue weighted by atomic mass is 10.2. The summed E-state index contributed by atoms with van der Waals surface area (Å²) in [7, 11) is 0. The van der Waals surface area contributed by atoms with Gasteiger partial charge in [-0.05, 0) is 62.4 Å². The van der Waals surface area contributed by atoms with E-state index in [0.29, 0.717) is 37.7 Å². The molecule has 32 heavy (non-hydrogen) atoms. The summed E-state index contributed by atoms with van der Waals surface area (Å²) in [6.07, 6.45) is 5.71. The minimum absolute atomic E-state index is 0.420. The third-order valence-corrected chi connectivity index (χ3v) is 6.22. The minimum Gasteiger partial charge on any atom is -0.487 e. The zero-order valence-electron chi connectivity index (χ0n) is 17.6. The van der Waals surface area contributed by atoms with Gasteiger partial charge in [0, 0.05) is 26.2 Å². The lowest BCUT2D eigenvalue weighted by molar-refractivity contribution is 0.122. The molecule has 0 aliphatic carbocycles. The summed E-state index contributed by atoms with van der Waals surface area (Å²) in [6, 6.07) is 3.85. The molecule has 0 amide bonds. The Hall–Kier alpha value is -2.24. The first-order chi connectivity index (χ1) is 15.6. The second kappa shape index (κ2) is 11.1. The number of hydrogen-bond acceptors (Lipinski definition) is 9. The highest BCUT2D eigenvalue weighted by atomic mass is 79.9. The van der Waals surface area contributed by atoms with Crippen molar-refractivity contribution < 1.29 is 9.47 Å². The molecule has 0 bridgehead atoms. The predicted octanol–water partition coefficient (Wildman–Crippen LogP) is 3.84. The van der Waals surface area contributed by atoms with Gasteiger partial charge in [0.2, 0.25) is 17.8 Å². The number of hydrazone groups is 1. The monoisotopic (exact) mass is 565 g/mol. The zero-order valence-corrected chi connectivity index (χ0v) is 20.8. The predicted molar refractivity (Wildman–Crippen MR) is 133 cm³/mol. The van der Waals surface area contributed by atoms with Crippen molar-refractivity contribution in [1.82, 2.24) is 15.0 Å². The van der Waals surface area contributed by atoms with Crippen LogP contribution in [0.15, 0.2) is 38.8 Å². The normalized spacial score (nSPS) is 16.6. The van der Waals surface area contributed by atoms with Crippen molar-refractivity contribution in [2.24, 2.45) is 5.10 Å². The van der Waals surface area contributed by atoms with E-state index in [9.17, 15) is 0 Å². The SMILES string of the molecule is C=CCOc1c(Br)cc(C=NNc2nc(N3CCCC3)nc(N3CCOCC3)n2)cc1Br. The smallest absolute Gasteiger partial charge is 0.250 e. The van der Waals surface area contributed by atoms with Crippen LogP contribution in [0.5, 0.6) is 5.75 Å². The van der Waals surface area contributed by atoms with E-state index < -0.39 is 0 Å². The number of morpholine rings is 1. The third-order valence-electron chi connectivity index (χ3n) is 5.04. The second-order valence-corrected chi connectivity index (χ2v) is 9.04. The van der Waals surface area contributed by atoms with Crippen LogP contribution in [0.4, 0.5) is 17.8 Å². The van der Waals surface area contributed by atoms with Crippen LogP contribution in [0.3, 0.4) is 0 Å². The highest BCUT2D eigenvalue weighted by Gasteiger charge is 2.21. The minimum atomic E-state index is 0.420. The van der Waals surface area contributed by atoms with Crippen LogP contribution in [0.1, 0.15) is 18.4 Å². The van der Waals surface area contributed by atoms with Gasteiger partial charge < -0.3 is 19.3 Å². The van der Waals surface area contributed by atoms with Crippen molar-refractivity contribution in [3.63, 3.8) is 0 Å². The fraction of sp³-hybridized carbons (Fsp3) is 0.429. The lowest BCUT2D eigenvalue weighted by Crippen LogP contribution is -2.38. The van der Waals surface area contributed by atoms with Crippen molar-refractivity contribution in [3.8, 4) is 5.75 Å². The molecule has 2 aromatic rings. The molecule has 9 nitrogen and oxygen atoms in total. The number of halogens is 2. The summed E-state index contributed by atoms with van der Waals surface area (Å²) >= 11 is 7.08. The highest BCUT2D eigenvalue weighted by Crippen LogP contribution is 2.34. The maximum Gasteiger partial charge on any atom is 0.250 e. The van der Waals surface area contributed by atoms with Crippen molar-refractivity contribution in [2.45, 2.75) is 12.8 Å². The fourth-order valence-electron chi connectivity index (χ4n) is 3.47. The Labute approximate surface area is 204 Å². The van der Waals surface area contributed by atoms with Crippen LogP contribution >= 0.6 is 31.9 Å². The van der Waals surface area contributed by atoms with Gasteiger partial charge in [0.25, 0.3) is 0 Å². The van der Waals surface area contributed by atoms with Crippen molar-refractivity contribution in [3.05, 3.63) is 39.3 Å². The topological polar surface area (TPSA) is 88.0 Å². The summed E-state index contributed by atoms with van der Waals surface area (Å²) in [4.78, 5) is 18.2. The van der Waals surface area contributed by atoms with E-state index in [1.54, 1.807) is 12.3 Å². The van der Waals surface area contributed by atoms with Crippen LogP contribution in [0.2, 0.25) is 0 Å². The number of rotatable bonds is 8. The number of nitrogens with one attached hydrogen (secondary N) is 1. The quantitative estimate of drug-likeness (QED) is 0.293. The number of ether oxygens (including phenoxy) is 2. The molecule has 2 saturated heterocycles. The molecule has 0 atom stereocenters. The molecule has 0 unspecified atom stereocenters. The fourth-order valence-corrected chi connectivity index (χ4v) is 4.92. The Kier molecular flexibility index (Phi) is 7.93. The van der Waals surface area contributed by atoms with Crippen molar-refractivity contribution in [2.75, 3.05) is 61.2 Å². The Morgan fingerprint density at radius 2 is 1.66 bits per heavy atom. The maximum atomic E-state index is 5.66.